The smallest absolute Gasteiger partial charge is 0.326 e. The van der Waals surface area contributed by atoms with Crippen molar-refractivity contribution in [1.29, 1.82) is 0 Å². The Bertz CT molecular complexity index is 376. The van der Waals surface area contributed by atoms with Gasteiger partial charge in [-0.05, 0) is 13.0 Å². The fourth-order valence-electron chi connectivity index (χ4n) is 2.83. The zero-order valence-corrected chi connectivity index (χ0v) is 11.6. The molecule has 0 spiro atoms. The predicted octanol–water partition coefficient (Wildman–Crippen LogP) is -0.953. The molecule has 7 heteroatoms. The first-order valence-electron chi connectivity index (χ1n) is 7.07. The molecule has 0 saturated carbocycles. The third-order valence-electron chi connectivity index (χ3n) is 3.90. The van der Waals surface area contributed by atoms with E-state index in [1.807, 2.05) is 6.92 Å². The average molecular weight is 286 g/mol. The summed E-state index contributed by atoms with van der Waals surface area (Å²) < 4.78 is 5.35. The molecule has 7 nitrogen and oxygen atoms in total. The molecule has 2 saturated heterocycles. The summed E-state index contributed by atoms with van der Waals surface area (Å²) in [5.41, 5.74) is 0. The van der Waals surface area contributed by atoms with Crippen LogP contribution in [0.1, 0.15) is 19.8 Å². The molecule has 2 unspecified atom stereocenters. The molecule has 2 heterocycles. The van der Waals surface area contributed by atoms with Crippen molar-refractivity contribution in [2.75, 3.05) is 26.3 Å². The Hall–Kier alpha value is -1.18. The van der Waals surface area contributed by atoms with Crippen LogP contribution in [-0.2, 0) is 14.3 Å². The van der Waals surface area contributed by atoms with Gasteiger partial charge in [0, 0.05) is 19.0 Å². The lowest BCUT2D eigenvalue weighted by Crippen LogP contribution is -2.49. The van der Waals surface area contributed by atoms with Crippen molar-refractivity contribution in [3.63, 3.8) is 0 Å². The number of β-amino-alcohol motifs (C(OH)–C–C–N with tert-alkyl or cyclic N) is 1. The Morgan fingerprint density at radius 3 is 2.80 bits per heavy atom. The molecule has 0 radical (unpaired) electrons. The number of carboxylic acid groups (broad SMARTS) is 1. The largest absolute Gasteiger partial charge is 0.480 e. The summed E-state index contributed by atoms with van der Waals surface area (Å²) >= 11 is 0. The highest BCUT2D eigenvalue weighted by molar-refractivity contribution is 5.86. The number of carbonyl (C=O) groups is 2. The second-order valence-corrected chi connectivity index (χ2v) is 5.44. The topological polar surface area (TPSA) is 99.1 Å². The van der Waals surface area contributed by atoms with Crippen LogP contribution in [0.5, 0.6) is 0 Å². The van der Waals surface area contributed by atoms with Crippen LogP contribution in [-0.4, -0.2) is 71.5 Å². The minimum atomic E-state index is -1.06. The van der Waals surface area contributed by atoms with E-state index in [4.69, 9.17) is 9.84 Å². The van der Waals surface area contributed by atoms with Gasteiger partial charge < -0.3 is 25.2 Å². The summed E-state index contributed by atoms with van der Waals surface area (Å²) in [6.45, 7) is 3.69. The molecule has 20 heavy (non-hydrogen) atoms. The number of ether oxygens (including phenoxy) is 1. The fraction of sp³-hybridized carbons (Fsp3) is 0.846. The van der Waals surface area contributed by atoms with Crippen LogP contribution in [0.15, 0.2) is 0 Å². The van der Waals surface area contributed by atoms with E-state index in [1.54, 1.807) is 0 Å². The maximum absolute atomic E-state index is 12.5. The molecular formula is C13H22N2O5. The number of likely N-dealkylation sites (tertiary alicyclic amines) is 1. The number of rotatable bonds is 5. The third-order valence-corrected chi connectivity index (χ3v) is 3.90. The quantitative estimate of drug-likeness (QED) is 0.602. The second kappa shape index (κ2) is 6.51. The van der Waals surface area contributed by atoms with Crippen LogP contribution in [0.25, 0.3) is 0 Å². The summed E-state index contributed by atoms with van der Waals surface area (Å²) in [6, 6.07) is -1.00. The van der Waals surface area contributed by atoms with Gasteiger partial charge in [-0.3, -0.25) is 4.79 Å². The van der Waals surface area contributed by atoms with Gasteiger partial charge in [0.05, 0.1) is 25.2 Å². The van der Waals surface area contributed by atoms with Crippen molar-refractivity contribution >= 4 is 11.9 Å². The molecule has 3 N–H and O–H groups in total. The number of carbonyl (C=O) groups excluding carboxylic acids is 1. The van der Waals surface area contributed by atoms with Gasteiger partial charge in [-0.15, -0.1) is 0 Å². The molecule has 114 valence electrons. The standard InChI is InChI=1S/C13H22N2O5/c1-2-3-14-10-7-20-6-9(10)12(17)15-5-8(16)4-11(15)13(18)19/h8-11,14,16H,2-7H2,1H3,(H,18,19)/t8-,9?,10?,11-/m0/s1. The average Bonchev–Trinajstić information content (AvgIpc) is 3.01. The second-order valence-electron chi connectivity index (χ2n) is 5.44. The van der Waals surface area contributed by atoms with Gasteiger partial charge in [0.15, 0.2) is 0 Å². The Balaban J connectivity index is 2.03. The zero-order chi connectivity index (χ0) is 14.7. The van der Waals surface area contributed by atoms with Gasteiger partial charge in [-0.1, -0.05) is 6.92 Å². The lowest BCUT2D eigenvalue weighted by Gasteiger charge is -2.27. The molecule has 0 aromatic rings. The first-order valence-corrected chi connectivity index (χ1v) is 7.07. The normalized spacial score (nSPS) is 33.6. The van der Waals surface area contributed by atoms with E-state index in [-0.39, 0.29) is 30.8 Å². The number of aliphatic carboxylic acids is 1. The molecule has 0 aliphatic carbocycles. The van der Waals surface area contributed by atoms with Crippen molar-refractivity contribution in [3.05, 3.63) is 0 Å². The molecule has 0 aromatic carbocycles. The van der Waals surface area contributed by atoms with Gasteiger partial charge in [0.1, 0.15) is 6.04 Å². The zero-order valence-electron chi connectivity index (χ0n) is 11.6. The molecule has 2 fully saturated rings. The molecule has 2 rings (SSSR count). The van der Waals surface area contributed by atoms with Gasteiger partial charge in [-0.25, -0.2) is 4.79 Å². The number of hydrogen-bond donors (Lipinski definition) is 3. The van der Waals surface area contributed by atoms with Gasteiger partial charge in [0.2, 0.25) is 5.91 Å². The number of carboxylic acids is 1. The van der Waals surface area contributed by atoms with Gasteiger partial charge in [0.25, 0.3) is 0 Å². The van der Waals surface area contributed by atoms with Crippen molar-refractivity contribution in [2.45, 2.75) is 38.0 Å². The van der Waals surface area contributed by atoms with Crippen molar-refractivity contribution in [3.8, 4) is 0 Å². The Labute approximate surface area is 117 Å². The van der Waals surface area contributed by atoms with Crippen LogP contribution < -0.4 is 5.32 Å². The number of nitrogens with zero attached hydrogens (tertiary/aromatic N) is 1. The summed E-state index contributed by atoms with van der Waals surface area (Å²) in [7, 11) is 0. The van der Waals surface area contributed by atoms with E-state index in [9.17, 15) is 14.7 Å². The summed E-state index contributed by atoms with van der Waals surface area (Å²) in [5.74, 6) is -1.67. The van der Waals surface area contributed by atoms with Gasteiger partial charge >= 0.3 is 5.97 Å². The number of amides is 1. The monoisotopic (exact) mass is 286 g/mol. The number of hydrogen-bond acceptors (Lipinski definition) is 5. The van der Waals surface area contributed by atoms with Gasteiger partial charge in [-0.2, -0.15) is 0 Å². The summed E-state index contributed by atoms with van der Waals surface area (Å²) in [4.78, 5) is 25.0. The summed E-state index contributed by atoms with van der Waals surface area (Å²) in [5, 5.41) is 22.0. The predicted molar refractivity (Wildman–Crippen MR) is 70.2 cm³/mol. The SMILES string of the molecule is CCCNC1COCC1C(=O)N1C[C@@H](O)C[C@H]1C(=O)O. The van der Waals surface area contributed by atoms with E-state index in [0.29, 0.717) is 13.2 Å². The third kappa shape index (κ3) is 3.11. The van der Waals surface area contributed by atoms with E-state index < -0.39 is 18.1 Å². The molecule has 0 aromatic heterocycles. The maximum atomic E-state index is 12.5. The maximum Gasteiger partial charge on any atom is 0.326 e. The minimum Gasteiger partial charge on any atom is -0.480 e. The van der Waals surface area contributed by atoms with Crippen LogP contribution in [0.4, 0.5) is 0 Å². The molecule has 4 atom stereocenters. The van der Waals surface area contributed by atoms with Crippen LogP contribution >= 0.6 is 0 Å². The lowest BCUT2D eigenvalue weighted by atomic mass is 10.0. The minimum absolute atomic E-state index is 0.0744. The van der Waals surface area contributed by atoms with Crippen LogP contribution in [0, 0.1) is 5.92 Å². The molecule has 2 aliphatic heterocycles. The number of nitrogens with one attached hydrogen (secondary N) is 1. The molecule has 2 aliphatic rings. The lowest BCUT2D eigenvalue weighted by molar-refractivity contribution is -0.150. The molecule has 1 amide bonds. The van der Waals surface area contributed by atoms with Crippen LogP contribution in [0.3, 0.4) is 0 Å². The Morgan fingerprint density at radius 1 is 1.40 bits per heavy atom. The van der Waals surface area contributed by atoms with Crippen molar-refractivity contribution in [2.24, 2.45) is 5.92 Å². The Kier molecular flexibility index (Phi) is 4.95. The highest BCUT2D eigenvalue weighted by Gasteiger charge is 2.44. The Morgan fingerprint density at radius 2 is 2.15 bits per heavy atom. The van der Waals surface area contributed by atoms with E-state index >= 15 is 0 Å². The first-order chi connectivity index (χ1) is 9.54. The highest BCUT2D eigenvalue weighted by Crippen LogP contribution is 2.24. The molecule has 0 bridgehead atoms. The van der Waals surface area contributed by atoms with Crippen molar-refractivity contribution in [1.82, 2.24) is 10.2 Å². The summed E-state index contributed by atoms with van der Waals surface area (Å²) in [6.07, 6.45) is 0.295. The number of aliphatic hydroxyl groups excluding tert-OH is 1. The van der Waals surface area contributed by atoms with Crippen molar-refractivity contribution < 1.29 is 24.5 Å². The van der Waals surface area contributed by atoms with E-state index in [1.165, 1.54) is 4.90 Å². The highest BCUT2D eigenvalue weighted by atomic mass is 16.5. The number of aliphatic hydroxyl groups is 1. The van der Waals surface area contributed by atoms with E-state index in [2.05, 4.69) is 5.32 Å². The molecular weight excluding hydrogens is 264 g/mol. The fourth-order valence-corrected chi connectivity index (χ4v) is 2.83. The van der Waals surface area contributed by atoms with E-state index in [0.717, 1.165) is 13.0 Å². The van der Waals surface area contributed by atoms with Crippen LogP contribution in [0.2, 0.25) is 0 Å². The first kappa shape index (κ1) is 15.2.